The molecule has 2 heterocycles. The fourth-order valence-electron chi connectivity index (χ4n) is 3.06. The van der Waals surface area contributed by atoms with Crippen molar-refractivity contribution in [2.75, 3.05) is 32.2 Å². The molecular formula is C20H24N4O3. The Labute approximate surface area is 158 Å². The molecule has 7 heteroatoms. The molecule has 0 unspecified atom stereocenters. The van der Waals surface area contributed by atoms with E-state index in [9.17, 15) is 4.79 Å². The van der Waals surface area contributed by atoms with Gasteiger partial charge in [-0.2, -0.15) is 0 Å². The van der Waals surface area contributed by atoms with E-state index in [1.165, 1.54) is 0 Å². The zero-order valence-electron chi connectivity index (χ0n) is 15.3. The minimum atomic E-state index is -0.971. The zero-order chi connectivity index (χ0) is 19.1. The second-order valence-electron chi connectivity index (χ2n) is 6.47. The van der Waals surface area contributed by atoms with Crippen LogP contribution in [0.2, 0.25) is 0 Å². The van der Waals surface area contributed by atoms with E-state index in [0.29, 0.717) is 11.9 Å². The fraction of sp³-hybridized carbons (Fsp3) is 0.350. The average molecular weight is 368 g/mol. The summed E-state index contributed by atoms with van der Waals surface area (Å²) in [6, 6.07) is 7.55. The number of nitrogens with zero attached hydrogens (tertiary/aromatic N) is 3. The van der Waals surface area contributed by atoms with Crippen LogP contribution in [0, 0.1) is 0 Å². The van der Waals surface area contributed by atoms with Crippen LogP contribution in [0.25, 0.3) is 17.3 Å². The summed E-state index contributed by atoms with van der Waals surface area (Å²) in [5.41, 5.74) is 2.43. The molecule has 27 heavy (non-hydrogen) atoms. The number of ether oxygens (including phenoxy) is 1. The number of methoxy groups -OCH3 is 1. The molecule has 1 saturated heterocycles. The number of carbonyl (C=O) groups is 1. The molecule has 7 nitrogen and oxygen atoms in total. The van der Waals surface area contributed by atoms with Gasteiger partial charge in [-0.15, -0.1) is 0 Å². The highest BCUT2D eigenvalue weighted by molar-refractivity contribution is 5.85. The maximum absolute atomic E-state index is 10.7. The number of aromatic nitrogens is 2. The minimum absolute atomic E-state index is 0.367. The second-order valence-corrected chi connectivity index (χ2v) is 6.47. The lowest BCUT2D eigenvalue weighted by Crippen LogP contribution is -2.39. The Hall–Kier alpha value is -2.77. The quantitative estimate of drug-likeness (QED) is 0.727. The molecule has 0 atom stereocenters. The number of piperidine rings is 1. The van der Waals surface area contributed by atoms with Crippen molar-refractivity contribution in [3.05, 3.63) is 48.3 Å². The summed E-state index contributed by atoms with van der Waals surface area (Å²) in [7, 11) is 1.77. The van der Waals surface area contributed by atoms with Gasteiger partial charge in [0.05, 0.1) is 30.9 Å². The predicted molar refractivity (Wildman–Crippen MR) is 104 cm³/mol. The minimum Gasteiger partial charge on any atom is -0.478 e. The maximum atomic E-state index is 10.7. The Morgan fingerprint density at radius 3 is 2.93 bits per heavy atom. The maximum Gasteiger partial charge on any atom is 0.328 e. The van der Waals surface area contributed by atoms with Gasteiger partial charge in [0.2, 0.25) is 0 Å². The van der Waals surface area contributed by atoms with Crippen molar-refractivity contribution in [1.82, 2.24) is 14.9 Å². The van der Waals surface area contributed by atoms with Gasteiger partial charge in [0.15, 0.2) is 0 Å². The van der Waals surface area contributed by atoms with Crippen LogP contribution in [0.5, 0.6) is 0 Å². The van der Waals surface area contributed by atoms with Gasteiger partial charge < -0.3 is 15.2 Å². The van der Waals surface area contributed by atoms with Crippen molar-refractivity contribution in [2.45, 2.75) is 18.9 Å². The highest BCUT2D eigenvalue weighted by Crippen LogP contribution is 2.20. The van der Waals surface area contributed by atoms with E-state index in [-0.39, 0.29) is 0 Å². The summed E-state index contributed by atoms with van der Waals surface area (Å²) in [5.74, 6) is -0.256. The van der Waals surface area contributed by atoms with Crippen molar-refractivity contribution in [2.24, 2.45) is 0 Å². The van der Waals surface area contributed by atoms with Gasteiger partial charge in [-0.3, -0.25) is 9.88 Å². The van der Waals surface area contributed by atoms with Crippen molar-refractivity contribution in [3.63, 3.8) is 0 Å². The summed E-state index contributed by atoms with van der Waals surface area (Å²) in [4.78, 5) is 21.9. The number of rotatable bonds is 7. The van der Waals surface area contributed by atoms with Crippen LogP contribution in [-0.2, 0) is 9.53 Å². The van der Waals surface area contributed by atoms with Crippen LogP contribution in [-0.4, -0.2) is 58.9 Å². The van der Waals surface area contributed by atoms with E-state index in [1.807, 2.05) is 24.3 Å². The van der Waals surface area contributed by atoms with Gasteiger partial charge in [0.1, 0.15) is 5.82 Å². The first-order valence-corrected chi connectivity index (χ1v) is 8.96. The summed E-state index contributed by atoms with van der Waals surface area (Å²) in [6.07, 6.45) is 8.54. The topological polar surface area (TPSA) is 87.6 Å². The van der Waals surface area contributed by atoms with E-state index in [4.69, 9.17) is 9.84 Å². The van der Waals surface area contributed by atoms with E-state index >= 15 is 0 Å². The van der Waals surface area contributed by atoms with Gasteiger partial charge in [-0.25, -0.2) is 9.78 Å². The highest BCUT2D eigenvalue weighted by atomic mass is 16.5. The molecule has 2 aromatic rings. The summed E-state index contributed by atoms with van der Waals surface area (Å²) < 4.78 is 5.40. The van der Waals surface area contributed by atoms with Gasteiger partial charge in [-0.1, -0.05) is 18.2 Å². The normalized spacial score (nSPS) is 15.9. The monoisotopic (exact) mass is 368 g/mol. The number of nitrogens with one attached hydrogen (secondary N) is 1. The lowest BCUT2D eigenvalue weighted by molar-refractivity contribution is -0.131. The third-order valence-corrected chi connectivity index (χ3v) is 4.59. The molecule has 1 aliphatic heterocycles. The van der Waals surface area contributed by atoms with Crippen LogP contribution >= 0.6 is 0 Å². The van der Waals surface area contributed by atoms with Crippen molar-refractivity contribution in [3.8, 4) is 11.3 Å². The molecule has 0 aliphatic carbocycles. The second kappa shape index (κ2) is 9.25. The lowest BCUT2D eigenvalue weighted by atomic mass is 10.1. The van der Waals surface area contributed by atoms with Crippen LogP contribution in [0.15, 0.2) is 42.7 Å². The molecule has 3 rings (SSSR count). The highest BCUT2D eigenvalue weighted by Gasteiger charge is 2.18. The Balaban J connectivity index is 1.64. The Morgan fingerprint density at radius 2 is 2.19 bits per heavy atom. The SMILES string of the molecule is COC1CCN(CNc2cncc(-c3cccc(/C=C/C(=O)O)c3)n2)CC1. The van der Waals surface area contributed by atoms with Gasteiger partial charge in [0, 0.05) is 31.8 Å². The molecule has 0 spiro atoms. The number of carboxylic acids is 1. The van der Waals surface area contributed by atoms with Crippen LogP contribution < -0.4 is 5.32 Å². The molecule has 2 N–H and O–H groups in total. The third-order valence-electron chi connectivity index (χ3n) is 4.59. The van der Waals surface area contributed by atoms with Gasteiger partial charge in [-0.05, 0) is 30.5 Å². The molecule has 0 saturated carbocycles. The number of hydrogen-bond acceptors (Lipinski definition) is 6. The first-order chi connectivity index (χ1) is 13.1. The smallest absolute Gasteiger partial charge is 0.328 e. The molecule has 1 aromatic carbocycles. The molecule has 142 valence electrons. The molecular weight excluding hydrogens is 344 g/mol. The van der Waals surface area contributed by atoms with E-state index in [0.717, 1.165) is 55.5 Å². The van der Waals surface area contributed by atoms with Crippen LogP contribution in [0.4, 0.5) is 5.82 Å². The van der Waals surface area contributed by atoms with Crippen LogP contribution in [0.1, 0.15) is 18.4 Å². The zero-order valence-corrected chi connectivity index (χ0v) is 15.3. The van der Waals surface area contributed by atoms with Gasteiger partial charge in [0.25, 0.3) is 0 Å². The fourth-order valence-corrected chi connectivity index (χ4v) is 3.06. The Morgan fingerprint density at radius 1 is 1.37 bits per heavy atom. The Kier molecular flexibility index (Phi) is 6.51. The molecule has 1 aliphatic rings. The number of carboxylic acid groups (broad SMARTS) is 1. The largest absolute Gasteiger partial charge is 0.478 e. The summed E-state index contributed by atoms with van der Waals surface area (Å²) >= 11 is 0. The number of hydrogen-bond donors (Lipinski definition) is 2. The number of anilines is 1. The number of aliphatic carboxylic acids is 1. The lowest BCUT2D eigenvalue weighted by Gasteiger charge is -2.31. The Bertz CT molecular complexity index is 801. The molecule has 1 fully saturated rings. The standard InChI is InChI=1S/C20H24N4O3/c1-27-17-7-9-24(10-8-17)14-22-19-13-21-12-18(23-19)16-4-2-3-15(11-16)5-6-20(25)26/h2-6,11-13,17H,7-10,14H2,1H3,(H,22,23)(H,25,26)/b6-5+. The van der Waals surface area contributed by atoms with E-state index in [2.05, 4.69) is 20.2 Å². The van der Waals surface area contributed by atoms with E-state index < -0.39 is 5.97 Å². The molecule has 0 amide bonds. The first-order valence-electron chi connectivity index (χ1n) is 8.96. The van der Waals surface area contributed by atoms with Crippen molar-refractivity contribution < 1.29 is 14.6 Å². The average Bonchev–Trinajstić information content (AvgIpc) is 2.71. The number of benzene rings is 1. The molecule has 1 aromatic heterocycles. The number of likely N-dealkylation sites (tertiary alicyclic amines) is 1. The van der Waals surface area contributed by atoms with Crippen molar-refractivity contribution in [1.29, 1.82) is 0 Å². The molecule has 0 bridgehead atoms. The molecule has 0 radical (unpaired) electrons. The summed E-state index contributed by atoms with van der Waals surface area (Å²) in [5, 5.41) is 12.1. The van der Waals surface area contributed by atoms with Gasteiger partial charge >= 0.3 is 5.97 Å². The van der Waals surface area contributed by atoms with E-state index in [1.54, 1.807) is 25.6 Å². The first kappa shape index (κ1) is 19.0. The third kappa shape index (κ3) is 5.60. The van der Waals surface area contributed by atoms with Crippen LogP contribution in [0.3, 0.4) is 0 Å². The summed E-state index contributed by atoms with van der Waals surface area (Å²) in [6.45, 7) is 2.71. The predicted octanol–water partition coefficient (Wildman–Crippen LogP) is 2.72. The van der Waals surface area contributed by atoms with Crippen molar-refractivity contribution >= 4 is 17.9 Å².